The van der Waals surface area contributed by atoms with Crippen LogP contribution >= 0.6 is 0 Å². The maximum Gasteiger partial charge on any atom is 0.407 e. The van der Waals surface area contributed by atoms with E-state index >= 15 is 0 Å². The summed E-state index contributed by atoms with van der Waals surface area (Å²) in [5.41, 5.74) is 0.897. The van der Waals surface area contributed by atoms with Gasteiger partial charge in [-0.3, -0.25) is 23.7 Å². The van der Waals surface area contributed by atoms with Crippen LogP contribution in [0.2, 0.25) is 0 Å². The maximum absolute atomic E-state index is 13.1. The molecule has 1 aromatic carbocycles. The maximum atomic E-state index is 13.1. The molecule has 0 aliphatic heterocycles. The van der Waals surface area contributed by atoms with Gasteiger partial charge in [-0.2, -0.15) is 0 Å². The van der Waals surface area contributed by atoms with Crippen molar-refractivity contribution in [2.45, 2.75) is 84.5 Å². The Bertz CT molecular complexity index is 1260. The molecule has 0 aliphatic carbocycles. The van der Waals surface area contributed by atoms with Gasteiger partial charge in [-0.25, -0.2) is 4.79 Å². The summed E-state index contributed by atoms with van der Waals surface area (Å²) in [5, 5.41) is 20.7. The lowest BCUT2D eigenvalue weighted by atomic mass is 10.0. The molecule has 1 heterocycles. The van der Waals surface area contributed by atoms with Gasteiger partial charge in [0.25, 0.3) is 5.91 Å². The van der Waals surface area contributed by atoms with E-state index in [0.29, 0.717) is 32.2 Å². The summed E-state index contributed by atoms with van der Waals surface area (Å²) in [6, 6.07) is 10.2. The zero-order valence-electron chi connectivity index (χ0n) is 27.2. The largest absolute Gasteiger partial charge is 0.445 e. The highest BCUT2D eigenvalue weighted by molar-refractivity contribution is 5.93. The number of aliphatic hydroxyl groups is 1. The normalized spacial score (nSPS) is 13.2. The molecule has 2 aromatic rings. The molecule has 252 valence electrons. The number of ether oxygens (including phenoxy) is 1. The van der Waals surface area contributed by atoms with E-state index < -0.39 is 42.6 Å². The van der Waals surface area contributed by atoms with Crippen LogP contribution in [0.5, 0.6) is 0 Å². The number of benzene rings is 1. The van der Waals surface area contributed by atoms with E-state index in [1.165, 1.54) is 10.6 Å². The predicted molar refractivity (Wildman–Crippen MR) is 174 cm³/mol. The van der Waals surface area contributed by atoms with Gasteiger partial charge in [0.15, 0.2) is 0 Å². The number of hydrogen-bond acceptors (Lipinski definition) is 7. The second-order valence-corrected chi connectivity index (χ2v) is 11.9. The van der Waals surface area contributed by atoms with Gasteiger partial charge in [0.05, 0.1) is 6.61 Å². The average Bonchev–Trinajstić information content (AvgIpc) is 3.57. The zero-order valence-corrected chi connectivity index (χ0v) is 27.2. The molecular weight excluding hydrogens is 590 g/mol. The number of nitrogens with one attached hydrogen (secondary N) is 4. The third-order valence-corrected chi connectivity index (χ3v) is 7.03. The molecule has 4 amide bonds. The summed E-state index contributed by atoms with van der Waals surface area (Å²) in [4.78, 5) is 63.0. The fourth-order valence-electron chi connectivity index (χ4n) is 4.53. The number of aliphatic hydroxyl groups excluding tert-OH is 1. The van der Waals surface area contributed by atoms with E-state index in [1.807, 2.05) is 44.2 Å². The van der Waals surface area contributed by atoms with Crippen LogP contribution in [0.15, 0.2) is 67.0 Å². The molecule has 0 radical (unpaired) electrons. The number of allylic oxidation sites excluding steroid dienone is 1. The van der Waals surface area contributed by atoms with Gasteiger partial charge in [-0.1, -0.05) is 70.5 Å². The summed E-state index contributed by atoms with van der Waals surface area (Å²) in [6.07, 6.45) is 8.33. The number of rotatable bonds is 19. The van der Waals surface area contributed by atoms with Crippen molar-refractivity contribution >= 4 is 29.7 Å². The van der Waals surface area contributed by atoms with Crippen LogP contribution in [-0.4, -0.2) is 70.7 Å². The Kier molecular flexibility index (Phi) is 16.9. The van der Waals surface area contributed by atoms with Crippen LogP contribution in [0.1, 0.15) is 70.2 Å². The molecule has 12 nitrogen and oxygen atoms in total. The molecule has 5 N–H and O–H groups in total. The Balaban J connectivity index is 1.78. The number of nitrogens with zero attached hydrogens (tertiary/aromatic N) is 1. The second-order valence-electron chi connectivity index (χ2n) is 11.9. The SMILES string of the molecule is CC(C)C[C@@H](/C=C/C(=O)n1cccc1)NC(=O)[C@H](CO)NC(=O)[C@@H](NC(=O)CCCCCNC(=O)OCc1ccccc1)C(C)C. The number of aromatic nitrogens is 1. The molecular formula is C34H49N5O7. The summed E-state index contributed by atoms with van der Waals surface area (Å²) in [5.74, 6) is -1.87. The number of alkyl carbamates (subject to hydrolysis) is 1. The Morgan fingerprint density at radius 3 is 2.20 bits per heavy atom. The first-order chi connectivity index (χ1) is 22.0. The van der Waals surface area contributed by atoms with Gasteiger partial charge in [0.1, 0.15) is 18.7 Å². The Labute approximate surface area is 271 Å². The first kappa shape index (κ1) is 37.7. The Hall–Kier alpha value is -4.45. The fraction of sp³-hybridized carbons (Fsp3) is 0.500. The van der Waals surface area contributed by atoms with Gasteiger partial charge in [0, 0.05) is 37.5 Å². The summed E-state index contributed by atoms with van der Waals surface area (Å²) >= 11 is 0. The lowest BCUT2D eigenvalue weighted by Crippen LogP contribution is -2.57. The predicted octanol–water partition coefficient (Wildman–Crippen LogP) is 3.32. The van der Waals surface area contributed by atoms with Gasteiger partial charge >= 0.3 is 6.09 Å². The molecule has 0 fully saturated rings. The van der Waals surface area contributed by atoms with Crippen molar-refractivity contribution in [1.29, 1.82) is 0 Å². The van der Waals surface area contributed by atoms with Gasteiger partial charge < -0.3 is 31.1 Å². The average molecular weight is 640 g/mol. The van der Waals surface area contributed by atoms with Gasteiger partial charge in [0.2, 0.25) is 17.7 Å². The highest BCUT2D eigenvalue weighted by Crippen LogP contribution is 2.09. The van der Waals surface area contributed by atoms with Crippen LogP contribution in [-0.2, 0) is 25.7 Å². The van der Waals surface area contributed by atoms with Gasteiger partial charge in [-0.15, -0.1) is 0 Å². The topological polar surface area (TPSA) is 168 Å². The number of amides is 4. The Morgan fingerprint density at radius 1 is 0.870 bits per heavy atom. The van der Waals surface area contributed by atoms with Crippen LogP contribution in [0.3, 0.4) is 0 Å². The van der Waals surface area contributed by atoms with Crippen molar-refractivity contribution in [2.75, 3.05) is 13.2 Å². The number of carbonyl (C=O) groups excluding carboxylic acids is 5. The number of carbonyl (C=O) groups is 5. The van der Waals surface area contributed by atoms with Crippen LogP contribution < -0.4 is 21.3 Å². The monoisotopic (exact) mass is 639 g/mol. The van der Waals surface area contributed by atoms with Crippen LogP contribution in [0.4, 0.5) is 4.79 Å². The second kappa shape index (κ2) is 20.6. The fourth-order valence-corrected chi connectivity index (χ4v) is 4.53. The van der Waals surface area contributed by atoms with E-state index in [-0.39, 0.29) is 36.7 Å². The van der Waals surface area contributed by atoms with Gasteiger partial charge in [-0.05, 0) is 48.8 Å². The molecule has 0 unspecified atom stereocenters. The lowest BCUT2D eigenvalue weighted by molar-refractivity contribution is -0.133. The molecule has 3 atom stereocenters. The van der Waals surface area contributed by atoms with Crippen molar-refractivity contribution in [2.24, 2.45) is 11.8 Å². The molecule has 0 bridgehead atoms. The summed E-state index contributed by atoms with van der Waals surface area (Å²) in [6.45, 7) is 7.44. The minimum absolute atomic E-state index is 0.184. The third kappa shape index (κ3) is 14.6. The van der Waals surface area contributed by atoms with Crippen molar-refractivity contribution in [3.8, 4) is 0 Å². The highest BCUT2D eigenvalue weighted by atomic mass is 16.5. The van der Waals surface area contributed by atoms with E-state index in [4.69, 9.17) is 4.74 Å². The van der Waals surface area contributed by atoms with E-state index in [0.717, 1.165) is 5.56 Å². The van der Waals surface area contributed by atoms with Crippen LogP contribution in [0, 0.1) is 11.8 Å². The van der Waals surface area contributed by atoms with E-state index in [9.17, 15) is 29.1 Å². The molecule has 0 saturated heterocycles. The standard InChI is InChI=1S/C34H49N5O7/c1-24(2)21-27(16-17-30(42)39-19-11-12-20-39)36-32(43)28(22-40)37-33(44)31(25(3)4)38-29(41)15-9-6-10-18-35-34(45)46-23-26-13-7-5-8-14-26/h5,7-8,11-14,16-17,19-20,24-25,27-28,31,40H,6,9-10,15,18,21-23H2,1-4H3,(H,35,45)(H,36,43)(H,37,44)(H,38,41)/b17-16+/t27-,28+,31+/m1/s1. The molecule has 0 aliphatic rings. The quantitative estimate of drug-likeness (QED) is 0.116. The zero-order chi connectivity index (χ0) is 33.9. The van der Waals surface area contributed by atoms with Crippen LogP contribution in [0.25, 0.3) is 0 Å². The molecule has 12 heteroatoms. The smallest absolute Gasteiger partial charge is 0.407 e. The molecule has 0 spiro atoms. The van der Waals surface area contributed by atoms with Crippen molar-refractivity contribution in [3.63, 3.8) is 0 Å². The molecule has 46 heavy (non-hydrogen) atoms. The van der Waals surface area contributed by atoms with Crippen molar-refractivity contribution in [1.82, 2.24) is 25.8 Å². The third-order valence-electron chi connectivity index (χ3n) is 7.03. The highest BCUT2D eigenvalue weighted by Gasteiger charge is 2.29. The number of unbranched alkanes of at least 4 members (excludes halogenated alkanes) is 2. The lowest BCUT2D eigenvalue weighted by Gasteiger charge is -2.26. The number of hydrogen-bond donors (Lipinski definition) is 5. The van der Waals surface area contributed by atoms with Crippen molar-refractivity contribution < 1.29 is 33.8 Å². The summed E-state index contributed by atoms with van der Waals surface area (Å²) in [7, 11) is 0. The molecule has 2 rings (SSSR count). The summed E-state index contributed by atoms with van der Waals surface area (Å²) < 4.78 is 6.58. The Morgan fingerprint density at radius 2 is 1.57 bits per heavy atom. The molecule has 0 saturated carbocycles. The van der Waals surface area contributed by atoms with Crippen molar-refractivity contribution in [3.05, 3.63) is 72.6 Å². The van der Waals surface area contributed by atoms with E-state index in [1.54, 1.807) is 44.4 Å². The first-order valence-corrected chi connectivity index (χ1v) is 15.8. The first-order valence-electron chi connectivity index (χ1n) is 15.8. The van der Waals surface area contributed by atoms with E-state index in [2.05, 4.69) is 21.3 Å². The minimum Gasteiger partial charge on any atom is -0.445 e. The minimum atomic E-state index is -1.25. The molecule has 1 aromatic heterocycles.